The zero-order chi connectivity index (χ0) is 33.2. The van der Waals surface area contributed by atoms with E-state index in [4.69, 9.17) is 14.5 Å². The molecule has 1 saturated heterocycles. The van der Waals surface area contributed by atoms with Crippen LogP contribution in [0.15, 0.2) is 60.9 Å². The Bertz CT molecular complexity index is 1660. The lowest BCUT2D eigenvalue weighted by molar-refractivity contribution is -0.160. The molecular formula is C37H45FN4O4. The maximum absolute atomic E-state index is 13.3. The molecule has 0 spiro atoms. The highest BCUT2D eigenvalue weighted by atomic mass is 19.1. The molecule has 46 heavy (non-hydrogen) atoms. The Morgan fingerprint density at radius 1 is 1.04 bits per heavy atom. The molecule has 0 radical (unpaired) electrons. The van der Waals surface area contributed by atoms with Crippen LogP contribution in [0, 0.1) is 25.1 Å². The van der Waals surface area contributed by atoms with Crippen molar-refractivity contribution in [3.8, 4) is 22.7 Å². The molecule has 0 saturated carbocycles. The molecular weight excluding hydrogens is 583 g/mol. The van der Waals surface area contributed by atoms with Crippen molar-refractivity contribution in [2.45, 2.75) is 79.4 Å². The lowest BCUT2D eigenvalue weighted by atomic mass is 9.82. The molecule has 1 N–H and O–H groups in total. The van der Waals surface area contributed by atoms with Gasteiger partial charge in [0.15, 0.2) is 6.10 Å². The van der Waals surface area contributed by atoms with Crippen LogP contribution in [0.2, 0.25) is 0 Å². The molecule has 0 bridgehead atoms. The zero-order valence-electron chi connectivity index (χ0n) is 27.9. The number of imidazole rings is 1. The molecule has 2 aromatic heterocycles. The molecule has 0 aliphatic carbocycles. The molecule has 8 nitrogen and oxygen atoms in total. The summed E-state index contributed by atoms with van der Waals surface area (Å²) in [5, 5.41) is 10.6. The van der Waals surface area contributed by atoms with E-state index < -0.39 is 17.7 Å². The van der Waals surface area contributed by atoms with E-state index in [1.54, 1.807) is 18.3 Å². The maximum atomic E-state index is 13.3. The second-order valence-electron chi connectivity index (χ2n) is 13.9. The van der Waals surface area contributed by atoms with E-state index in [2.05, 4.69) is 23.7 Å². The van der Waals surface area contributed by atoms with Gasteiger partial charge in [-0.2, -0.15) is 0 Å². The summed E-state index contributed by atoms with van der Waals surface area (Å²) in [5.74, 6) is 0.841. The fourth-order valence-corrected chi connectivity index (χ4v) is 5.95. The van der Waals surface area contributed by atoms with E-state index in [9.17, 15) is 14.3 Å². The summed E-state index contributed by atoms with van der Waals surface area (Å²) >= 11 is 0. The standard InChI is InChI=1S/C37H45FN4O4/c1-24-30(33(35(43)44)46-36(3,4)5)32(41-20-17-37(6,7)18-21-41)31(34(40-24)42-22-19-39-25(42)2)27-10-14-29(15-11-27)45-23-16-26-8-12-28(38)13-9-26/h8-15,19,22,33H,16-18,20-21,23H2,1-7H3,(H,43,44). The van der Waals surface area contributed by atoms with Crippen molar-refractivity contribution in [1.82, 2.24) is 14.5 Å². The highest BCUT2D eigenvalue weighted by molar-refractivity contribution is 5.90. The lowest BCUT2D eigenvalue weighted by Crippen LogP contribution is -2.39. The predicted molar refractivity (Wildman–Crippen MR) is 178 cm³/mol. The Balaban J connectivity index is 1.64. The van der Waals surface area contributed by atoms with Gasteiger partial charge in [-0.15, -0.1) is 0 Å². The summed E-state index contributed by atoms with van der Waals surface area (Å²) in [7, 11) is 0. The minimum Gasteiger partial charge on any atom is -0.493 e. The SMILES string of the molecule is Cc1nc(-n2ccnc2C)c(-c2ccc(OCCc3ccc(F)cc3)cc2)c(N2CCC(C)(C)CC2)c1C(OC(C)(C)C)C(=O)O. The van der Waals surface area contributed by atoms with Crippen LogP contribution < -0.4 is 9.64 Å². The van der Waals surface area contributed by atoms with Gasteiger partial charge in [-0.25, -0.2) is 19.2 Å². The maximum Gasteiger partial charge on any atom is 0.337 e. The quantitative estimate of drug-likeness (QED) is 0.191. The number of anilines is 1. The molecule has 4 aromatic rings. The molecule has 5 rings (SSSR count). The van der Waals surface area contributed by atoms with E-state index in [1.807, 2.05) is 69.6 Å². The Morgan fingerprint density at radius 3 is 2.26 bits per heavy atom. The van der Waals surface area contributed by atoms with Gasteiger partial charge in [0.1, 0.15) is 23.2 Å². The summed E-state index contributed by atoms with van der Waals surface area (Å²) < 4.78 is 27.6. The number of piperidine rings is 1. The number of benzene rings is 2. The van der Waals surface area contributed by atoms with Crippen molar-refractivity contribution in [1.29, 1.82) is 0 Å². The molecule has 1 aliphatic rings. The van der Waals surface area contributed by atoms with Crippen molar-refractivity contribution in [2.24, 2.45) is 5.41 Å². The number of aryl methyl sites for hydroxylation is 2. The minimum atomic E-state index is -1.22. The molecule has 1 unspecified atom stereocenters. The number of carboxylic acids is 1. The van der Waals surface area contributed by atoms with E-state index in [1.165, 1.54) is 12.1 Å². The number of aliphatic carboxylic acids is 1. The number of hydrogen-bond acceptors (Lipinski definition) is 6. The van der Waals surface area contributed by atoms with Crippen LogP contribution in [-0.4, -0.2) is 50.9 Å². The average molecular weight is 629 g/mol. The summed E-state index contributed by atoms with van der Waals surface area (Å²) in [6.45, 7) is 15.9. The average Bonchev–Trinajstić information content (AvgIpc) is 3.42. The van der Waals surface area contributed by atoms with E-state index in [0.717, 1.165) is 54.1 Å². The molecule has 0 amide bonds. The second kappa shape index (κ2) is 13.2. The minimum absolute atomic E-state index is 0.184. The lowest BCUT2D eigenvalue weighted by Gasteiger charge is -2.41. The van der Waals surface area contributed by atoms with Crippen molar-refractivity contribution < 1.29 is 23.8 Å². The number of carboxylic acid groups (broad SMARTS) is 1. The van der Waals surface area contributed by atoms with Crippen LogP contribution in [0.5, 0.6) is 5.75 Å². The molecule has 9 heteroatoms. The van der Waals surface area contributed by atoms with Gasteiger partial charge < -0.3 is 19.5 Å². The molecule has 1 fully saturated rings. The molecule has 3 heterocycles. The van der Waals surface area contributed by atoms with Gasteiger partial charge in [0.25, 0.3) is 0 Å². The summed E-state index contributed by atoms with van der Waals surface area (Å²) in [6.07, 6.45) is 4.99. The van der Waals surface area contributed by atoms with Crippen LogP contribution in [0.4, 0.5) is 10.1 Å². The summed E-state index contributed by atoms with van der Waals surface area (Å²) in [5.41, 5.74) is 4.17. The van der Waals surface area contributed by atoms with E-state index in [-0.39, 0.29) is 11.2 Å². The Labute approximate surface area is 271 Å². The third-order valence-electron chi connectivity index (χ3n) is 8.54. The fourth-order valence-electron chi connectivity index (χ4n) is 5.95. The number of aromatic nitrogens is 3. The van der Waals surface area contributed by atoms with Crippen LogP contribution in [-0.2, 0) is 16.0 Å². The van der Waals surface area contributed by atoms with Gasteiger partial charge in [0, 0.05) is 48.7 Å². The van der Waals surface area contributed by atoms with Gasteiger partial charge >= 0.3 is 5.97 Å². The summed E-state index contributed by atoms with van der Waals surface area (Å²) in [4.78, 5) is 24.8. The van der Waals surface area contributed by atoms with E-state index in [0.29, 0.717) is 35.9 Å². The van der Waals surface area contributed by atoms with Gasteiger partial charge in [-0.1, -0.05) is 38.1 Å². The highest BCUT2D eigenvalue weighted by Gasteiger charge is 2.37. The number of pyridine rings is 1. The van der Waals surface area contributed by atoms with Crippen molar-refractivity contribution in [3.63, 3.8) is 0 Å². The molecule has 2 aromatic carbocycles. The van der Waals surface area contributed by atoms with Crippen LogP contribution in [0.1, 0.15) is 76.2 Å². The van der Waals surface area contributed by atoms with Crippen molar-refractivity contribution >= 4 is 11.7 Å². The number of nitrogens with zero attached hydrogens (tertiary/aromatic N) is 4. The number of halogens is 1. The number of carbonyl (C=O) groups is 1. The summed E-state index contributed by atoms with van der Waals surface area (Å²) in [6, 6.07) is 14.3. The highest BCUT2D eigenvalue weighted by Crippen LogP contribution is 2.46. The van der Waals surface area contributed by atoms with Gasteiger partial charge in [-0.05, 0) is 88.3 Å². The first-order valence-corrected chi connectivity index (χ1v) is 15.9. The normalized spacial score (nSPS) is 15.5. The second-order valence-corrected chi connectivity index (χ2v) is 13.9. The Morgan fingerprint density at radius 2 is 1.70 bits per heavy atom. The van der Waals surface area contributed by atoms with Crippen molar-refractivity contribution in [3.05, 3.63) is 89.4 Å². The molecule has 1 atom stereocenters. The van der Waals surface area contributed by atoms with E-state index >= 15 is 0 Å². The first kappa shape index (κ1) is 33.1. The Kier molecular flexibility index (Phi) is 9.54. The Hall–Kier alpha value is -4.24. The first-order valence-electron chi connectivity index (χ1n) is 15.9. The fraction of sp³-hybridized carbons (Fsp3) is 0.432. The predicted octanol–water partition coefficient (Wildman–Crippen LogP) is 7.88. The zero-order valence-corrected chi connectivity index (χ0v) is 27.9. The van der Waals surface area contributed by atoms with Gasteiger partial charge in [-0.3, -0.25) is 4.57 Å². The third-order valence-corrected chi connectivity index (χ3v) is 8.54. The van der Waals surface area contributed by atoms with Crippen LogP contribution in [0.3, 0.4) is 0 Å². The third kappa shape index (κ3) is 7.58. The smallest absolute Gasteiger partial charge is 0.337 e. The largest absolute Gasteiger partial charge is 0.493 e. The molecule has 244 valence electrons. The number of rotatable bonds is 10. The number of ether oxygens (including phenoxy) is 2. The van der Waals surface area contributed by atoms with Gasteiger partial charge in [0.05, 0.1) is 17.9 Å². The van der Waals surface area contributed by atoms with Gasteiger partial charge in [0.2, 0.25) is 0 Å². The van der Waals surface area contributed by atoms with Crippen LogP contribution >= 0.6 is 0 Å². The van der Waals surface area contributed by atoms with Crippen LogP contribution in [0.25, 0.3) is 16.9 Å². The van der Waals surface area contributed by atoms with Crippen molar-refractivity contribution in [2.75, 3.05) is 24.6 Å². The number of hydrogen-bond donors (Lipinski definition) is 1. The first-order chi connectivity index (χ1) is 21.7. The monoisotopic (exact) mass is 628 g/mol. The molecule has 1 aliphatic heterocycles. The topological polar surface area (TPSA) is 89.7 Å².